The van der Waals surface area contributed by atoms with Gasteiger partial charge in [-0.2, -0.15) is 18.2 Å². The zero-order chi connectivity index (χ0) is 34.3. The Morgan fingerprint density at radius 2 is 1.70 bits per heavy atom. The van der Waals surface area contributed by atoms with Gasteiger partial charge in [0, 0.05) is 18.9 Å². The Kier molecular flexibility index (Phi) is 11.3. The van der Waals surface area contributed by atoms with Crippen molar-refractivity contribution in [3.05, 3.63) is 77.2 Å². The molecule has 1 aromatic carbocycles. The number of halogens is 3. The van der Waals surface area contributed by atoms with Crippen LogP contribution in [0.1, 0.15) is 73.7 Å². The molecule has 15 heteroatoms. The van der Waals surface area contributed by atoms with E-state index >= 15 is 0 Å². The van der Waals surface area contributed by atoms with Crippen molar-refractivity contribution in [2.75, 3.05) is 6.54 Å². The van der Waals surface area contributed by atoms with Crippen LogP contribution in [0.15, 0.2) is 53.3 Å². The lowest BCUT2D eigenvalue weighted by Crippen LogP contribution is -2.57. The normalized spacial score (nSPS) is 16.2. The number of aromatic nitrogens is 3. The van der Waals surface area contributed by atoms with Gasteiger partial charge in [-0.15, -0.1) is 0 Å². The number of alkyl halides is 3. The molecule has 3 amide bonds. The summed E-state index contributed by atoms with van der Waals surface area (Å²) >= 11 is 0. The number of ketones is 1. The topological polar surface area (TPSA) is 157 Å². The second-order valence-corrected chi connectivity index (χ2v) is 12.0. The standard InChI is InChI=1S/C32H37F3N6O6/c1-18(2)25(27(42)28-37-24(47-40-28)16-21-7-5-8-22(15-21)32(33,34)35)38-29(43)23-9-6-14-41(23)30(44)26(19(3)4)39-31(45)46-17-20-10-12-36-13-11-20/h5,7-8,10-13,15,18-19,23,25-26H,6,9,14,16-17H2,1-4H3,(H,38,43)(H,39,45)/t23-,25-,26-/m0/s1. The number of hydrogen-bond donors (Lipinski definition) is 2. The largest absolute Gasteiger partial charge is 0.445 e. The lowest BCUT2D eigenvalue weighted by atomic mass is 9.98. The average Bonchev–Trinajstić information content (AvgIpc) is 3.71. The lowest BCUT2D eigenvalue weighted by molar-refractivity contribution is -0.141. The number of carbonyl (C=O) groups excluding carboxylic acids is 4. The van der Waals surface area contributed by atoms with Crippen LogP contribution in [-0.4, -0.2) is 68.4 Å². The summed E-state index contributed by atoms with van der Waals surface area (Å²) in [7, 11) is 0. The van der Waals surface area contributed by atoms with Gasteiger partial charge < -0.3 is 24.8 Å². The predicted molar refractivity (Wildman–Crippen MR) is 161 cm³/mol. The zero-order valence-corrected chi connectivity index (χ0v) is 26.4. The SMILES string of the molecule is CC(C)[C@H](NC(=O)[C@@H]1CCCN1C(=O)[C@@H](NC(=O)OCc1ccncc1)C(C)C)C(=O)c1noc(Cc2cccc(C(F)(F)F)c2)n1. The summed E-state index contributed by atoms with van der Waals surface area (Å²) in [6.07, 6.45) is -1.43. The maximum absolute atomic E-state index is 13.6. The minimum absolute atomic E-state index is 0.0140. The smallest absolute Gasteiger partial charge is 0.416 e. The highest BCUT2D eigenvalue weighted by atomic mass is 19.4. The molecule has 3 heterocycles. The van der Waals surface area contributed by atoms with Crippen LogP contribution in [0.25, 0.3) is 0 Å². The number of amides is 3. The summed E-state index contributed by atoms with van der Waals surface area (Å²) in [6, 6.07) is 5.08. The lowest BCUT2D eigenvalue weighted by Gasteiger charge is -2.31. The van der Waals surface area contributed by atoms with Crippen LogP contribution in [0.5, 0.6) is 0 Å². The number of nitrogens with zero attached hydrogens (tertiary/aromatic N) is 4. The molecular formula is C32H37F3N6O6. The van der Waals surface area contributed by atoms with Gasteiger partial charge in [-0.1, -0.05) is 51.1 Å². The maximum Gasteiger partial charge on any atom is 0.416 e. The first-order chi connectivity index (χ1) is 22.2. The van der Waals surface area contributed by atoms with Gasteiger partial charge in [0.2, 0.25) is 29.3 Å². The number of likely N-dealkylation sites (tertiary alicyclic amines) is 1. The van der Waals surface area contributed by atoms with Crippen molar-refractivity contribution in [1.29, 1.82) is 0 Å². The van der Waals surface area contributed by atoms with Crippen LogP contribution in [0, 0.1) is 11.8 Å². The minimum Gasteiger partial charge on any atom is -0.445 e. The Balaban J connectivity index is 1.40. The van der Waals surface area contributed by atoms with Crippen LogP contribution in [0.3, 0.4) is 0 Å². The van der Waals surface area contributed by atoms with E-state index in [1.165, 1.54) is 17.0 Å². The number of Topliss-reactive ketones (excluding diaryl/α,β-unsaturated/α-hetero) is 1. The second kappa shape index (κ2) is 15.2. The molecule has 2 aromatic heterocycles. The molecular weight excluding hydrogens is 621 g/mol. The Morgan fingerprint density at radius 1 is 1.00 bits per heavy atom. The van der Waals surface area contributed by atoms with Crippen molar-refractivity contribution in [1.82, 2.24) is 30.7 Å². The summed E-state index contributed by atoms with van der Waals surface area (Å²) in [5, 5.41) is 9.05. The molecule has 0 spiro atoms. The molecule has 1 aliphatic heterocycles. The van der Waals surface area contributed by atoms with E-state index in [-0.39, 0.29) is 42.8 Å². The van der Waals surface area contributed by atoms with Crippen molar-refractivity contribution in [2.45, 2.75) is 77.9 Å². The van der Waals surface area contributed by atoms with Gasteiger partial charge in [0.15, 0.2) is 0 Å². The molecule has 1 fully saturated rings. The molecule has 3 atom stereocenters. The third-order valence-corrected chi connectivity index (χ3v) is 7.71. The van der Waals surface area contributed by atoms with Crippen molar-refractivity contribution >= 4 is 23.7 Å². The van der Waals surface area contributed by atoms with Crippen molar-refractivity contribution in [3.8, 4) is 0 Å². The highest BCUT2D eigenvalue weighted by Gasteiger charge is 2.40. The zero-order valence-electron chi connectivity index (χ0n) is 26.4. The van der Waals surface area contributed by atoms with Gasteiger partial charge in [0.25, 0.3) is 0 Å². The van der Waals surface area contributed by atoms with E-state index in [2.05, 4.69) is 25.8 Å². The summed E-state index contributed by atoms with van der Waals surface area (Å²) in [5.41, 5.74) is 0.156. The summed E-state index contributed by atoms with van der Waals surface area (Å²) < 4.78 is 49.7. The molecule has 1 aliphatic rings. The molecule has 2 N–H and O–H groups in total. The van der Waals surface area contributed by atoms with Gasteiger partial charge >= 0.3 is 12.3 Å². The van der Waals surface area contributed by atoms with Crippen molar-refractivity contribution < 1.29 is 41.6 Å². The summed E-state index contributed by atoms with van der Waals surface area (Å²) in [5.74, 6) is -2.81. The first-order valence-corrected chi connectivity index (χ1v) is 15.2. The van der Waals surface area contributed by atoms with Gasteiger partial charge in [0.05, 0.1) is 18.0 Å². The molecule has 12 nitrogen and oxygen atoms in total. The Morgan fingerprint density at radius 3 is 2.36 bits per heavy atom. The summed E-state index contributed by atoms with van der Waals surface area (Å²) in [6.45, 7) is 7.20. The van der Waals surface area contributed by atoms with Gasteiger partial charge in [0.1, 0.15) is 18.7 Å². The third kappa shape index (κ3) is 9.14. The Labute approximate surface area is 269 Å². The number of carbonyl (C=O) groups is 4. The number of alkyl carbamates (subject to hydrolysis) is 1. The van der Waals surface area contributed by atoms with E-state index in [4.69, 9.17) is 9.26 Å². The highest BCUT2D eigenvalue weighted by Crippen LogP contribution is 2.30. The molecule has 0 bridgehead atoms. The minimum atomic E-state index is -4.52. The van der Waals surface area contributed by atoms with Crippen molar-refractivity contribution in [3.63, 3.8) is 0 Å². The number of nitrogens with one attached hydrogen (secondary N) is 2. The molecule has 0 aliphatic carbocycles. The van der Waals surface area contributed by atoms with Crippen LogP contribution < -0.4 is 10.6 Å². The molecule has 4 rings (SSSR count). The monoisotopic (exact) mass is 658 g/mol. The molecule has 1 saturated heterocycles. The highest BCUT2D eigenvalue weighted by molar-refractivity contribution is 6.00. The number of ether oxygens (including phenoxy) is 1. The summed E-state index contributed by atoms with van der Waals surface area (Å²) in [4.78, 5) is 62.5. The maximum atomic E-state index is 13.6. The first kappa shape index (κ1) is 35.0. The van der Waals surface area contributed by atoms with Crippen LogP contribution in [0.4, 0.5) is 18.0 Å². The van der Waals surface area contributed by atoms with E-state index in [1.807, 2.05) is 0 Å². The Bertz CT molecular complexity index is 1560. The van der Waals surface area contributed by atoms with E-state index in [0.717, 1.165) is 17.7 Å². The van der Waals surface area contributed by atoms with Gasteiger partial charge in [-0.05, 0) is 54.0 Å². The fraction of sp³-hybridized carbons (Fsp3) is 0.469. The quantitative estimate of drug-likeness (QED) is 0.270. The number of rotatable bonds is 12. The molecule has 252 valence electrons. The number of benzene rings is 1. The molecule has 47 heavy (non-hydrogen) atoms. The van der Waals surface area contributed by atoms with E-state index < -0.39 is 59.5 Å². The fourth-order valence-electron chi connectivity index (χ4n) is 5.17. The number of pyridine rings is 1. The van der Waals surface area contributed by atoms with E-state index in [9.17, 15) is 32.3 Å². The van der Waals surface area contributed by atoms with Gasteiger partial charge in [-0.3, -0.25) is 19.4 Å². The predicted octanol–water partition coefficient (Wildman–Crippen LogP) is 4.34. The first-order valence-electron chi connectivity index (χ1n) is 15.2. The third-order valence-electron chi connectivity index (χ3n) is 7.71. The fourth-order valence-corrected chi connectivity index (χ4v) is 5.17. The molecule has 0 unspecified atom stereocenters. The van der Waals surface area contributed by atoms with E-state index in [1.54, 1.807) is 52.2 Å². The Hall–Kier alpha value is -4.82. The van der Waals surface area contributed by atoms with E-state index in [0.29, 0.717) is 12.8 Å². The number of hydrogen-bond acceptors (Lipinski definition) is 9. The second-order valence-electron chi connectivity index (χ2n) is 12.0. The molecule has 3 aromatic rings. The molecule has 0 saturated carbocycles. The van der Waals surface area contributed by atoms with Crippen LogP contribution >= 0.6 is 0 Å². The average molecular weight is 659 g/mol. The van der Waals surface area contributed by atoms with Crippen LogP contribution in [0.2, 0.25) is 0 Å². The van der Waals surface area contributed by atoms with Gasteiger partial charge in [-0.25, -0.2) is 4.79 Å². The molecule has 0 radical (unpaired) electrons. The van der Waals surface area contributed by atoms with Crippen LogP contribution in [-0.2, 0) is 33.5 Å². The van der Waals surface area contributed by atoms with Crippen molar-refractivity contribution in [2.24, 2.45) is 11.8 Å².